The van der Waals surface area contributed by atoms with E-state index >= 15 is 24.0 Å². The van der Waals surface area contributed by atoms with E-state index in [1.54, 1.807) is 92.9 Å². The summed E-state index contributed by atoms with van der Waals surface area (Å²) in [6, 6.07) is 53.9. The lowest BCUT2D eigenvalue weighted by Crippen LogP contribution is -2.60. The molecule has 0 saturated carbocycles. The zero-order valence-electron chi connectivity index (χ0n) is 76.3. The van der Waals surface area contributed by atoms with Crippen LogP contribution in [0.15, 0.2) is 230 Å². The van der Waals surface area contributed by atoms with Crippen molar-refractivity contribution in [3.63, 3.8) is 0 Å². The van der Waals surface area contributed by atoms with E-state index in [1.165, 1.54) is 27.4 Å². The Morgan fingerprint density at radius 3 is 1.64 bits per heavy atom. The highest BCUT2D eigenvalue weighted by Crippen LogP contribution is 2.50. The quantitative estimate of drug-likeness (QED) is 0.00573. The van der Waals surface area contributed by atoms with E-state index < -0.39 is 152 Å². The fourth-order valence-electron chi connectivity index (χ4n) is 17.4. The Kier molecular flexibility index (Phi) is 30.7. The normalized spacial score (nSPS) is 15.3. The molecule has 7 atom stereocenters. The first-order valence-corrected chi connectivity index (χ1v) is 46.7. The third-order valence-corrected chi connectivity index (χ3v) is 26.7. The Balaban J connectivity index is 0.880. The number of nitrogens with one attached hydrogen (secondary N) is 8. The SMILES string of the molecule is Cc1c(C)c(S(=O)(=O)NC(=N)NCCC[C@H](NC(=O)[C@H](Cc2cn(C(=O)OC(C)(C)C)c3ccccc23)NC(=O)[C@@H](CC(=O)OC(C)(C)C)NC(=O)[C@@H]2CCCN2C(=O)[C@H](Cc2cn(C(c3ccccc3)(c3ccccc3)c3ccccc3)cn2)NC(=O)[C@@H](N)CC(C)C)C(=O)N[C@@H](CSC(c2ccccc2)(c2ccccc2)c2ccccc2)C(=O)O)c(C)c2c1OC(C)(C)C2. The summed E-state index contributed by atoms with van der Waals surface area (Å²) in [5.74, 6) is -8.18. The summed E-state index contributed by atoms with van der Waals surface area (Å²) >= 11 is 1.25. The van der Waals surface area contributed by atoms with E-state index in [0.717, 1.165) is 38.9 Å². The fraction of sp³-hybridized carbons (Fsp3) is 0.376. The lowest BCUT2D eigenvalue weighted by Gasteiger charge is -2.37. The van der Waals surface area contributed by atoms with Crippen LogP contribution in [-0.2, 0) is 87.4 Å². The van der Waals surface area contributed by atoms with Crippen LogP contribution in [-0.4, -0.2) is 170 Å². The van der Waals surface area contributed by atoms with Crippen LogP contribution in [0.2, 0.25) is 0 Å². The van der Waals surface area contributed by atoms with Crippen LogP contribution in [0, 0.1) is 32.1 Å². The van der Waals surface area contributed by atoms with Gasteiger partial charge in [0.25, 0.3) is 10.0 Å². The Morgan fingerprint density at radius 1 is 0.611 bits per heavy atom. The number of fused-ring (bicyclic) bond motifs is 2. The third-order valence-electron chi connectivity index (χ3n) is 23.4. The molecule has 0 aliphatic carbocycles. The number of carbonyl (C=O) groups is 9. The summed E-state index contributed by atoms with van der Waals surface area (Å²) in [7, 11) is -4.45. The molecular formula is C101H119N13O15S2. The molecule has 6 amide bonds. The van der Waals surface area contributed by atoms with E-state index in [0.29, 0.717) is 45.5 Å². The number of nitrogens with two attached hydrogens (primary N) is 1. The maximum absolute atomic E-state index is 16.1. The number of rotatable bonds is 36. The van der Waals surface area contributed by atoms with Gasteiger partial charge in [-0.15, -0.1) is 11.8 Å². The van der Waals surface area contributed by atoms with Gasteiger partial charge in [0.05, 0.1) is 39.6 Å². The molecule has 1 saturated heterocycles. The molecule has 10 aromatic rings. The van der Waals surface area contributed by atoms with Gasteiger partial charge in [-0.05, 0) is 176 Å². The predicted octanol–water partition coefficient (Wildman–Crippen LogP) is 12.5. The summed E-state index contributed by atoms with van der Waals surface area (Å²) < 4.78 is 51.3. The molecule has 28 nitrogen and oxygen atoms in total. The average molecular weight is 1820 g/mol. The molecule has 0 radical (unpaired) electrons. The first kappa shape index (κ1) is 97.1. The van der Waals surface area contributed by atoms with E-state index in [-0.39, 0.29) is 73.7 Å². The molecule has 8 aromatic carbocycles. The van der Waals surface area contributed by atoms with Crippen LogP contribution in [0.25, 0.3) is 10.9 Å². The maximum atomic E-state index is 16.1. The summed E-state index contributed by atoms with van der Waals surface area (Å²) in [5, 5.41) is 37.5. The standard InChI is InChI=1S/C101H119N13O15S2/c1-63(2)54-77(102)88(116)109-81(56-74-60-112(62-105-74)100(68-36-20-14-21-37-68,69-38-22-15-23-39-69)70-40-24-16-25-41-70)93(121)113-53-35-51-84(113)92(120)108-80(57-85(115)127-97(6,7)8)91(119)107-79(55-67-59-114(96(124)129-98(9,10)11)83-50-33-32-48-75(67)83)90(118)106-78(49-34-52-104-95(103)111-131(125,126)87-65(4)64(3)86-76(66(87)5)58-99(12,13)128-86)89(117)110-82(94(122)123)61-130-101(71-42-26-17-27-43-71,72-44-28-18-29-45-72)73-46-30-19-31-47-73/h14-33,36-48,50,59-60,62-63,77-82,84H,34-35,49,51-58,61,102H2,1-13H3,(H,106,118)(H,107,119)(H,108,120)(H,109,116)(H,110,117)(H,122,123)(H3,103,104,111)/t77-,78-,79-,80+,81-,82-,84-/m0/s1. The zero-order valence-corrected chi connectivity index (χ0v) is 77.9. The number of thioether (sulfide) groups is 1. The van der Waals surface area contributed by atoms with Gasteiger partial charge in [-0.3, -0.25) is 43.5 Å². The molecule has 0 spiro atoms. The third kappa shape index (κ3) is 23.1. The van der Waals surface area contributed by atoms with Gasteiger partial charge in [0.1, 0.15) is 64.3 Å². The van der Waals surface area contributed by atoms with Crippen LogP contribution in [0.1, 0.15) is 175 Å². The second-order valence-corrected chi connectivity index (χ2v) is 39.4. The van der Waals surface area contributed by atoms with E-state index in [9.17, 15) is 32.7 Å². The predicted molar refractivity (Wildman–Crippen MR) is 504 cm³/mol. The number of benzene rings is 8. The van der Waals surface area contributed by atoms with Crippen molar-refractivity contribution >= 4 is 92.1 Å². The highest BCUT2D eigenvalue weighted by molar-refractivity contribution is 8.00. The van der Waals surface area contributed by atoms with Crippen molar-refractivity contribution in [3.8, 4) is 5.75 Å². The van der Waals surface area contributed by atoms with Crippen LogP contribution < -0.4 is 47.1 Å². The van der Waals surface area contributed by atoms with Gasteiger partial charge in [0.2, 0.25) is 41.4 Å². The molecule has 12 rings (SSSR count). The van der Waals surface area contributed by atoms with Crippen LogP contribution in [0.4, 0.5) is 4.79 Å². The van der Waals surface area contributed by atoms with Gasteiger partial charge in [0.15, 0.2) is 0 Å². The number of likely N-dealkylation sites (tertiary alicyclic amines) is 1. The molecule has 4 heterocycles. The van der Waals surface area contributed by atoms with Crippen LogP contribution >= 0.6 is 11.8 Å². The Morgan fingerprint density at radius 2 is 1.11 bits per heavy atom. The molecule has 1 fully saturated rings. The number of nitrogens with zero attached hydrogens (tertiary/aromatic N) is 4. The number of ether oxygens (including phenoxy) is 3. The molecule has 690 valence electrons. The number of amides is 6. The number of hydrogen-bond acceptors (Lipinski definition) is 18. The summed E-state index contributed by atoms with van der Waals surface area (Å²) in [6.07, 6.45) is 3.15. The number of carboxylic acid groups (broad SMARTS) is 1. The molecule has 2 aliphatic heterocycles. The molecule has 2 aromatic heterocycles. The summed E-state index contributed by atoms with van der Waals surface area (Å²) in [4.78, 5) is 142. The largest absolute Gasteiger partial charge is 0.487 e. The van der Waals surface area contributed by atoms with E-state index in [2.05, 4.69) is 36.6 Å². The molecule has 0 bridgehead atoms. The van der Waals surface area contributed by atoms with Gasteiger partial charge in [-0.25, -0.2) is 27.7 Å². The number of carboxylic acids is 1. The number of imidazole rings is 1. The van der Waals surface area contributed by atoms with Crippen molar-refractivity contribution in [1.82, 2.24) is 55.6 Å². The van der Waals surface area contributed by atoms with Crippen LogP contribution in [0.5, 0.6) is 5.75 Å². The van der Waals surface area contributed by atoms with Gasteiger partial charge < -0.3 is 66.4 Å². The van der Waals surface area contributed by atoms with Gasteiger partial charge in [-0.1, -0.05) is 214 Å². The lowest BCUT2D eigenvalue weighted by atomic mass is 9.77. The molecular weight excluding hydrogens is 1700 g/mol. The topological polar surface area (TPSA) is 396 Å². The van der Waals surface area contributed by atoms with Crippen molar-refractivity contribution in [2.45, 2.75) is 222 Å². The van der Waals surface area contributed by atoms with Crippen molar-refractivity contribution in [3.05, 3.63) is 292 Å². The monoisotopic (exact) mass is 1820 g/mol. The van der Waals surface area contributed by atoms with Crippen LogP contribution in [0.3, 0.4) is 0 Å². The van der Waals surface area contributed by atoms with Crippen molar-refractivity contribution in [2.75, 3.05) is 18.8 Å². The zero-order chi connectivity index (χ0) is 94.5. The number of guanidine groups is 1. The minimum absolute atomic E-state index is 0.00486. The molecule has 2 aliphatic rings. The number of aromatic nitrogens is 3. The number of carbonyl (C=O) groups excluding carboxylic acids is 8. The Labute approximate surface area is 769 Å². The van der Waals surface area contributed by atoms with E-state index in [1.807, 2.05) is 220 Å². The highest BCUT2D eigenvalue weighted by atomic mass is 32.2. The number of para-hydroxylation sites is 1. The molecule has 11 N–H and O–H groups in total. The Bertz CT molecular complexity index is 5710. The number of hydrogen-bond donors (Lipinski definition) is 10. The fourth-order valence-corrected chi connectivity index (χ4v) is 20.5. The number of sulfonamides is 1. The van der Waals surface area contributed by atoms with Crippen molar-refractivity contribution < 1.29 is 70.9 Å². The molecule has 131 heavy (non-hydrogen) atoms. The molecule has 0 unspecified atom stereocenters. The smallest absolute Gasteiger partial charge is 0.419 e. The highest BCUT2D eigenvalue weighted by Gasteiger charge is 2.46. The van der Waals surface area contributed by atoms with Crippen molar-refractivity contribution in [2.24, 2.45) is 11.7 Å². The number of esters is 1. The minimum atomic E-state index is -4.45. The first-order chi connectivity index (χ1) is 62.2. The van der Waals surface area contributed by atoms with E-state index in [4.69, 9.17) is 30.3 Å². The second kappa shape index (κ2) is 41.4. The summed E-state index contributed by atoms with van der Waals surface area (Å²) in [5.41, 5.74) is 11.1. The summed E-state index contributed by atoms with van der Waals surface area (Å²) in [6.45, 7) is 22.4. The van der Waals surface area contributed by atoms with Gasteiger partial charge >= 0.3 is 18.0 Å². The number of aliphatic carboxylic acids is 1. The second-order valence-electron chi connectivity index (χ2n) is 36.6. The lowest BCUT2D eigenvalue weighted by molar-refractivity contribution is -0.157. The maximum Gasteiger partial charge on any atom is 0.419 e. The van der Waals surface area contributed by atoms with Crippen molar-refractivity contribution in [1.29, 1.82) is 5.41 Å². The Hall–Kier alpha value is -12.9. The van der Waals surface area contributed by atoms with Gasteiger partial charge in [0, 0.05) is 61.4 Å². The minimum Gasteiger partial charge on any atom is -0.487 e. The molecule has 30 heteroatoms. The average Bonchev–Trinajstić information content (AvgIpc) is 1.74. The van der Waals surface area contributed by atoms with Gasteiger partial charge in [-0.2, -0.15) is 0 Å². The first-order valence-electron chi connectivity index (χ1n) is 44.2.